The molecule has 1 N–H and O–H groups in total. The van der Waals surface area contributed by atoms with E-state index in [0.29, 0.717) is 30.8 Å². The van der Waals surface area contributed by atoms with Gasteiger partial charge in [0.25, 0.3) is 0 Å². The number of aliphatic hydroxyl groups excluding tert-OH is 1. The summed E-state index contributed by atoms with van der Waals surface area (Å²) in [5.41, 5.74) is 2.01. The first kappa shape index (κ1) is 12.4. The molecule has 1 fully saturated rings. The zero-order valence-corrected chi connectivity index (χ0v) is 9.83. The Labute approximate surface area is 105 Å². The molecular weight excluding hydrogens is 230 g/mol. The van der Waals surface area contributed by atoms with Gasteiger partial charge in [-0.3, -0.25) is 0 Å². The Kier molecular flexibility index (Phi) is 3.78. The highest BCUT2D eigenvalue weighted by Crippen LogP contribution is 2.23. The number of aliphatic hydroxyl groups is 1. The maximum absolute atomic E-state index is 9.14. The van der Waals surface area contributed by atoms with Gasteiger partial charge in [0, 0.05) is 6.54 Å². The molecule has 1 heterocycles. The molecule has 92 valence electrons. The summed E-state index contributed by atoms with van der Waals surface area (Å²) in [6, 6.07) is 9.47. The average molecular weight is 243 g/mol. The summed E-state index contributed by atoms with van der Waals surface area (Å²) in [5.74, 6) is 0. The molecule has 1 saturated heterocycles. The third-order valence-electron chi connectivity index (χ3n) is 2.92. The molecule has 0 bridgehead atoms. The molecule has 5 nitrogen and oxygen atoms in total. The minimum Gasteiger partial charge on any atom is -0.392 e. The molecule has 1 atom stereocenters. The van der Waals surface area contributed by atoms with Gasteiger partial charge in [0.15, 0.2) is 6.10 Å². The SMILES string of the molecule is N#Cc1cc(CO)ccc1N1CCOC(C#N)C1. The second-order valence-corrected chi connectivity index (χ2v) is 4.06. The van der Waals surface area contributed by atoms with Crippen LogP contribution in [0.15, 0.2) is 18.2 Å². The number of ether oxygens (including phenoxy) is 1. The van der Waals surface area contributed by atoms with E-state index in [-0.39, 0.29) is 6.61 Å². The van der Waals surface area contributed by atoms with E-state index >= 15 is 0 Å². The largest absolute Gasteiger partial charge is 0.392 e. The third-order valence-corrected chi connectivity index (χ3v) is 2.92. The minimum absolute atomic E-state index is 0.0844. The summed E-state index contributed by atoms with van der Waals surface area (Å²) in [6.45, 7) is 1.51. The zero-order chi connectivity index (χ0) is 13.0. The van der Waals surface area contributed by atoms with E-state index in [0.717, 1.165) is 5.69 Å². The number of anilines is 1. The van der Waals surface area contributed by atoms with Crippen molar-refractivity contribution >= 4 is 5.69 Å². The van der Waals surface area contributed by atoms with E-state index in [1.807, 2.05) is 11.0 Å². The van der Waals surface area contributed by atoms with E-state index in [1.165, 1.54) is 0 Å². The van der Waals surface area contributed by atoms with E-state index in [1.54, 1.807) is 12.1 Å². The topological polar surface area (TPSA) is 80.3 Å². The lowest BCUT2D eigenvalue weighted by Crippen LogP contribution is -2.42. The van der Waals surface area contributed by atoms with Gasteiger partial charge >= 0.3 is 0 Å². The van der Waals surface area contributed by atoms with Crippen molar-refractivity contribution in [1.29, 1.82) is 10.5 Å². The molecule has 0 saturated carbocycles. The Bertz CT molecular complexity index is 516. The van der Waals surface area contributed by atoms with Gasteiger partial charge in [0.2, 0.25) is 0 Å². The van der Waals surface area contributed by atoms with Crippen molar-refractivity contribution in [3.8, 4) is 12.1 Å². The van der Waals surface area contributed by atoms with Crippen LogP contribution in [0.5, 0.6) is 0 Å². The Hall–Kier alpha value is -2.08. The van der Waals surface area contributed by atoms with Crippen LogP contribution in [0.2, 0.25) is 0 Å². The number of nitriles is 2. The smallest absolute Gasteiger partial charge is 0.161 e. The van der Waals surface area contributed by atoms with Crippen molar-refractivity contribution in [3.05, 3.63) is 29.3 Å². The number of hydrogen-bond donors (Lipinski definition) is 1. The lowest BCUT2D eigenvalue weighted by Gasteiger charge is -2.32. The molecule has 0 spiro atoms. The van der Waals surface area contributed by atoms with Crippen LogP contribution in [0.1, 0.15) is 11.1 Å². The van der Waals surface area contributed by atoms with Crippen molar-refractivity contribution in [2.24, 2.45) is 0 Å². The van der Waals surface area contributed by atoms with Gasteiger partial charge in [-0.2, -0.15) is 10.5 Å². The maximum Gasteiger partial charge on any atom is 0.161 e. The van der Waals surface area contributed by atoms with E-state index in [9.17, 15) is 0 Å². The Morgan fingerprint density at radius 3 is 2.94 bits per heavy atom. The first-order valence-corrected chi connectivity index (χ1v) is 5.68. The fourth-order valence-electron chi connectivity index (χ4n) is 1.99. The molecule has 18 heavy (non-hydrogen) atoms. The number of hydrogen-bond acceptors (Lipinski definition) is 5. The van der Waals surface area contributed by atoms with Crippen LogP contribution in [0.4, 0.5) is 5.69 Å². The van der Waals surface area contributed by atoms with Gasteiger partial charge < -0.3 is 14.7 Å². The van der Waals surface area contributed by atoms with Crippen molar-refractivity contribution < 1.29 is 9.84 Å². The van der Waals surface area contributed by atoms with Crippen LogP contribution in [-0.4, -0.2) is 30.9 Å². The summed E-state index contributed by atoms with van der Waals surface area (Å²) in [4.78, 5) is 1.97. The van der Waals surface area contributed by atoms with Crippen LogP contribution in [0.3, 0.4) is 0 Å². The standard InChI is InChI=1S/C13H13N3O2/c14-6-11-5-10(9-17)1-2-13(11)16-3-4-18-12(7-15)8-16/h1-2,5,12,17H,3-4,8-9H2. The fraction of sp³-hybridized carbons (Fsp3) is 0.385. The lowest BCUT2D eigenvalue weighted by molar-refractivity contribution is 0.0764. The molecule has 1 aliphatic heterocycles. The highest BCUT2D eigenvalue weighted by Gasteiger charge is 2.22. The first-order valence-electron chi connectivity index (χ1n) is 5.68. The lowest BCUT2D eigenvalue weighted by atomic mass is 10.1. The average Bonchev–Trinajstić information content (AvgIpc) is 2.46. The van der Waals surface area contributed by atoms with E-state index < -0.39 is 6.10 Å². The Morgan fingerprint density at radius 1 is 1.44 bits per heavy atom. The number of rotatable bonds is 2. The van der Waals surface area contributed by atoms with Crippen molar-refractivity contribution in [1.82, 2.24) is 0 Å². The summed E-state index contributed by atoms with van der Waals surface area (Å²) in [6.07, 6.45) is -0.456. The molecule has 0 aromatic heterocycles. The molecule has 0 amide bonds. The van der Waals surface area contributed by atoms with Gasteiger partial charge in [-0.15, -0.1) is 0 Å². The molecule has 2 rings (SSSR count). The van der Waals surface area contributed by atoms with Crippen LogP contribution in [0.25, 0.3) is 0 Å². The van der Waals surface area contributed by atoms with Gasteiger partial charge in [-0.05, 0) is 17.7 Å². The van der Waals surface area contributed by atoms with Crippen molar-refractivity contribution in [3.63, 3.8) is 0 Å². The Morgan fingerprint density at radius 2 is 2.28 bits per heavy atom. The van der Waals surface area contributed by atoms with Crippen LogP contribution < -0.4 is 4.90 Å². The highest BCUT2D eigenvalue weighted by molar-refractivity contribution is 5.60. The molecular formula is C13H13N3O2. The van der Waals surface area contributed by atoms with E-state index in [4.69, 9.17) is 20.4 Å². The maximum atomic E-state index is 9.14. The normalized spacial score (nSPS) is 19.1. The van der Waals surface area contributed by atoms with Crippen LogP contribution >= 0.6 is 0 Å². The summed E-state index contributed by atoms with van der Waals surface area (Å²) >= 11 is 0. The van der Waals surface area contributed by atoms with E-state index in [2.05, 4.69) is 12.1 Å². The second-order valence-electron chi connectivity index (χ2n) is 4.06. The highest BCUT2D eigenvalue weighted by atomic mass is 16.5. The Balaban J connectivity index is 2.28. The van der Waals surface area contributed by atoms with Gasteiger partial charge in [0.05, 0.1) is 37.1 Å². The van der Waals surface area contributed by atoms with Gasteiger partial charge in [0.1, 0.15) is 6.07 Å². The number of nitrogens with zero attached hydrogens (tertiary/aromatic N) is 3. The van der Waals surface area contributed by atoms with Crippen LogP contribution in [-0.2, 0) is 11.3 Å². The summed E-state index contributed by atoms with van der Waals surface area (Å²) in [7, 11) is 0. The molecule has 1 aromatic carbocycles. The quantitative estimate of drug-likeness (QED) is 0.830. The zero-order valence-electron chi connectivity index (χ0n) is 9.83. The van der Waals surface area contributed by atoms with Crippen LogP contribution in [0, 0.1) is 22.7 Å². The van der Waals surface area contributed by atoms with Gasteiger partial charge in [-0.25, -0.2) is 0 Å². The minimum atomic E-state index is -0.456. The molecule has 0 aliphatic carbocycles. The van der Waals surface area contributed by atoms with Gasteiger partial charge in [-0.1, -0.05) is 6.07 Å². The summed E-state index contributed by atoms with van der Waals surface area (Å²) < 4.78 is 5.27. The predicted molar refractivity (Wildman–Crippen MR) is 64.6 cm³/mol. The molecule has 1 unspecified atom stereocenters. The van der Waals surface area contributed by atoms with Crippen molar-refractivity contribution in [2.45, 2.75) is 12.7 Å². The second kappa shape index (κ2) is 5.50. The molecule has 0 radical (unpaired) electrons. The molecule has 1 aromatic rings. The molecule has 5 heteroatoms. The number of benzene rings is 1. The number of morpholine rings is 1. The first-order chi connectivity index (χ1) is 8.78. The molecule has 1 aliphatic rings. The monoisotopic (exact) mass is 243 g/mol. The summed E-state index contributed by atoms with van der Waals surface area (Å²) in [5, 5.41) is 27.1. The van der Waals surface area contributed by atoms with Crippen molar-refractivity contribution in [2.75, 3.05) is 24.6 Å². The third kappa shape index (κ3) is 2.43. The predicted octanol–water partition coefficient (Wildman–Crippen LogP) is 0.779. The fourth-order valence-corrected chi connectivity index (χ4v) is 1.99.